The number of rotatable bonds is 2. The minimum Gasteiger partial charge on any atom is -0.320 e. The van der Waals surface area contributed by atoms with Crippen molar-refractivity contribution >= 4 is 0 Å². The number of nitrogens with zero attached hydrogens (tertiary/aromatic N) is 1. The zero-order valence-corrected chi connectivity index (χ0v) is 10.6. The predicted molar refractivity (Wildman–Crippen MR) is 70.9 cm³/mol. The number of aromatic nitrogens is 1. The molecule has 2 aromatic rings. The molecule has 1 aromatic heterocycles. The minimum absolute atomic E-state index is 0.0963. The molecule has 0 amide bonds. The van der Waals surface area contributed by atoms with Crippen molar-refractivity contribution in [2.45, 2.75) is 26.8 Å². The minimum atomic E-state index is -0.0963. The van der Waals surface area contributed by atoms with E-state index in [0.717, 1.165) is 16.7 Å². The van der Waals surface area contributed by atoms with Crippen LogP contribution in [-0.4, -0.2) is 4.98 Å². The van der Waals surface area contributed by atoms with Gasteiger partial charge in [0.2, 0.25) is 0 Å². The molecule has 0 fully saturated rings. The molecule has 2 N–H and O–H groups in total. The van der Waals surface area contributed by atoms with Crippen molar-refractivity contribution in [2.24, 2.45) is 5.73 Å². The first-order valence-electron chi connectivity index (χ1n) is 5.81. The third-order valence-corrected chi connectivity index (χ3v) is 2.86. The smallest absolute Gasteiger partial charge is 0.0567 e. The van der Waals surface area contributed by atoms with Crippen molar-refractivity contribution in [3.63, 3.8) is 0 Å². The molecule has 1 aromatic carbocycles. The average Bonchev–Trinajstić information content (AvgIpc) is 2.26. The Morgan fingerprint density at radius 1 is 0.824 bits per heavy atom. The molecule has 17 heavy (non-hydrogen) atoms. The number of hydrogen-bond acceptors (Lipinski definition) is 2. The van der Waals surface area contributed by atoms with Gasteiger partial charge in [-0.25, -0.2) is 0 Å². The maximum atomic E-state index is 6.28. The first-order chi connectivity index (χ1) is 8.06. The van der Waals surface area contributed by atoms with E-state index in [-0.39, 0.29) is 6.04 Å². The van der Waals surface area contributed by atoms with E-state index >= 15 is 0 Å². The Bertz CT molecular complexity index is 512. The van der Waals surface area contributed by atoms with Gasteiger partial charge in [-0.1, -0.05) is 35.4 Å². The van der Waals surface area contributed by atoms with Crippen LogP contribution in [0.2, 0.25) is 0 Å². The Morgan fingerprint density at radius 2 is 1.41 bits per heavy atom. The lowest BCUT2D eigenvalue weighted by molar-refractivity contribution is 0.857. The summed E-state index contributed by atoms with van der Waals surface area (Å²) in [6.45, 7) is 6.22. The van der Waals surface area contributed by atoms with Crippen molar-refractivity contribution in [2.75, 3.05) is 0 Å². The van der Waals surface area contributed by atoms with Crippen LogP contribution in [0.5, 0.6) is 0 Å². The Hall–Kier alpha value is -1.67. The zero-order chi connectivity index (χ0) is 12.4. The molecule has 0 aliphatic heterocycles. The maximum Gasteiger partial charge on any atom is 0.0567 e. The van der Waals surface area contributed by atoms with Crippen LogP contribution in [0.15, 0.2) is 36.7 Å². The van der Waals surface area contributed by atoms with Gasteiger partial charge in [0.25, 0.3) is 0 Å². The van der Waals surface area contributed by atoms with Crippen LogP contribution in [0.3, 0.4) is 0 Å². The van der Waals surface area contributed by atoms with Gasteiger partial charge in [-0.15, -0.1) is 0 Å². The summed E-state index contributed by atoms with van der Waals surface area (Å²) in [4.78, 5) is 4.20. The highest BCUT2D eigenvalue weighted by molar-refractivity contribution is 5.36. The SMILES string of the molecule is Cc1cncc(C(N)c2cc(C)cc(C)c2)c1. The molecule has 2 heteroatoms. The van der Waals surface area contributed by atoms with Gasteiger partial charge in [-0.05, 0) is 37.5 Å². The molecule has 0 bridgehead atoms. The number of nitrogens with two attached hydrogens (primary N) is 1. The van der Waals surface area contributed by atoms with E-state index in [2.05, 4.69) is 43.1 Å². The second-order valence-electron chi connectivity index (χ2n) is 4.69. The fourth-order valence-electron chi connectivity index (χ4n) is 2.13. The van der Waals surface area contributed by atoms with Gasteiger partial charge >= 0.3 is 0 Å². The fraction of sp³-hybridized carbons (Fsp3) is 0.267. The summed E-state index contributed by atoms with van der Waals surface area (Å²) in [6, 6.07) is 8.43. The molecule has 88 valence electrons. The molecule has 0 saturated heterocycles. The Balaban J connectivity index is 2.39. The summed E-state index contributed by atoms with van der Waals surface area (Å²) < 4.78 is 0. The van der Waals surface area contributed by atoms with Crippen LogP contribution in [0, 0.1) is 20.8 Å². The third kappa shape index (κ3) is 2.71. The largest absolute Gasteiger partial charge is 0.320 e. The maximum absolute atomic E-state index is 6.28. The van der Waals surface area contributed by atoms with Gasteiger partial charge in [-0.2, -0.15) is 0 Å². The Labute approximate surface area is 103 Å². The Kier molecular flexibility index (Phi) is 3.25. The summed E-state index contributed by atoms with van der Waals surface area (Å²) in [6.07, 6.45) is 3.69. The normalized spacial score (nSPS) is 12.5. The molecule has 0 saturated carbocycles. The molecule has 0 aliphatic carbocycles. The fourth-order valence-corrected chi connectivity index (χ4v) is 2.13. The average molecular weight is 226 g/mol. The van der Waals surface area contributed by atoms with Crippen LogP contribution < -0.4 is 5.73 Å². The van der Waals surface area contributed by atoms with Crippen molar-refractivity contribution < 1.29 is 0 Å². The highest BCUT2D eigenvalue weighted by Gasteiger charge is 2.10. The molecule has 1 atom stereocenters. The van der Waals surface area contributed by atoms with E-state index in [0.29, 0.717) is 0 Å². The van der Waals surface area contributed by atoms with Crippen molar-refractivity contribution in [1.29, 1.82) is 0 Å². The highest BCUT2D eigenvalue weighted by Crippen LogP contribution is 2.21. The van der Waals surface area contributed by atoms with Gasteiger partial charge in [-0.3, -0.25) is 4.98 Å². The van der Waals surface area contributed by atoms with Crippen molar-refractivity contribution in [3.8, 4) is 0 Å². The lowest BCUT2D eigenvalue weighted by atomic mass is 9.97. The standard InChI is InChI=1S/C15H18N2/c1-10-4-11(2)6-13(5-10)15(16)14-7-12(3)8-17-9-14/h4-9,15H,16H2,1-3H3. The van der Waals surface area contributed by atoms with Gasteiger partial charge in [0, 0.05) is 12.4 Å². The third-order valence-electron chi connectivity index (χ3n) is 2.86. The molecule has 2 nitrogen and oxygen atoms in total. The lowest BCUT2D eigenvalue weighted by Crippen LogP contribution is -2.12. The van der Waals surface area contributed by atoms with Crippen LogP contribution in [-0.2, 0) is 0 Å². The van der Waals surface area contributed by atoms with Gasteiger partial charge < -0.3 is 5.73 Å². The molecule has 1 heterocycles. The van der Waals surface area contributed by atoms with Crippen LogP contribution in [0.4, 0.5) is 0 Å². The number of aryl methyl sites for hydroxylation is 3. The predicted octanol–water partition coefficient (Wildman–Crippen LogP) is 3.05. The first-order valence-corrected chi connectivity index (χ1v) is 5.81. The van der Waals surface area contributed by atoms with Crippen molar-refractivity contribution in [3.05, 3.63) is 64.5 Å². The number of hydrogen-bond donors (Lipinski definition) is 1. The first kappa shape index (κ1) is 11.8. The van der Waals surface area contributed by atoms with Gasteiger partial charge in [0.05, 0.1) is 6.04 Å². The van der Waals surface area contributed by atoms with E-state index in [9.17, 15) is 0 Å². The molecule has 0 radical (unpaired) electrons. The van der Waals surface area contributed by atoms with E-state index in [1.165, 1.54) is 11.1 Å². The van der Waals surface area contributed by atoms with E-state index < -0.39 is 0 Å². The summed E-state index contributed by atoms with van der Waals surface area (Å²) in [5.74, 6) is 0. The summed E-state index contributed by atoms with van der Waals surface area (Å²) in [7, 11) is 0. The van der Waals surface area contributed by atoms with Gasteiger partial charge in [0.1, 0.15) is 0 Å². The zero-order valence-electron chi connectivity index (χ0n) is 10.6. The molecular formula is C15H18N2. The van der Waals surface area contributed by atoms with Crippen molar-refractivity contribution in [1.82, 2.24) is 4.98 Å². The molecule has 0 aliphatic rings. The summed E-state index contributed by atoms with van der Waals surface area (Å²) in [5.41, 5.74) is 12.1. The monoisotopic (exact) mass is 226 g/mol. The second-order valence-corrected chi connectivity index (χ2v) is 4.69. The van der Waals surface area contributed by atoms with Gasteiger partial charge in [0.15, 0.2) is 0 Å². The highest BCUT2D eigenvalue weighted by atomic mass is 14.7. The summed E-state index contributed by atoms with van der Waals surface area (Å²) in [5, 5.41) is 0. The van der Waals surface area contributed by atoms with E-state index in [1.54, 1.807) is 0 Å². The topological polar surface area (TPSA) is 38.9 Å². The summed E-state index contributed by atoms with van der Waals surface area (Å²) >= 11 is 0. The van der Waals surface area contributed by atoms with Crippen LogP contribution in [0.25, 0.3) is 0 Å². The van der Waals surface area contributed by atoms with Crippen LogP contribution >= 0.6 is 0 Å². The quantitative estimate of drug-likeness (QED) is 0.854. The second kappa shape index (κ2) is 4.68. The van der Waals surface area contributed by atoms with E-state index in [4.69, 9.17) is 5.73 Å². The number of benzene rings is 1. The molecule has 2 rings (SSSR count). The van der Waals surface area contributed by atoms with Crippen LogP contribution in [0.1, 0.15) is 33.9 Å². The number of pyridine rings is 1. The molecular weight excluding hydrogens is 208 g/mol. The van der Waals surface area contributed by atoms with E-state index in [1.807, 2.05) is 19.3 Å². The Morgan fingerprint density at radius 3 is 2.00 bits per heavy atom. The molecule has 0 spiro atoms. The lowest BCUT2D eigenvalue weighted by Gasteiger charge is -2.14. The molecule has 1 unspecified atom stereocenters.